The molecule has 0 unspecified atom stereocenters. The monoisotopic (exact) mass is 684 g/mol. The third-order valence-corrected chi connectivity index (χ3v) is 10.4. The van der Waals surface area contributed by atoms with Gasteiger partial charge in [0.05, 0.1) is 18.1 Å². The molecule has 0 saturated carbocycles. The summed E-state index contributed by atoms with van der Waals surface area (Å²) in [5.74, 6) is -3.53. The number of amides is 3. The molecule has 4 heterocycles. The lowest BCUT2D eigenvalue weighted by atomic mass is 9.77. The number of carbonyl (C=O) groups is 4. The van der Waals surface area contributed by atoms with E-state index in [2.05, 4.69) is 24.1 Å². The van der Waals surface area contributed by atoms with Crippen LogP contribution >= 0.6 is 0 Å². The fraction of sp³-hybridized carbons (Fsp3) is 0.487. The summed E-state index contributed by atoms with van der Waals surface area (Å²) in [5.41, 5.74) is 1.01. The van der Waals surface area contributed by atoms with Crippen molar-refractivity contribution in [3.05, 3.63) is 84.5 Å². The first-order chi connectivity index (χ1) is 24.2. The fourth-order valence-corrected chi connectivity index (χ4v) is 8.00. The Morgan fingerprint density at radius 3 is 2.40 bits per heavy atom. The van der Waals surface area contributed by atoms with Crippen LogP contribution < -0.4 is 15.1 Å². The summed E-state index contributed by atoms with van der Waals surface area (Å²) in [6.45, 7) is 8.12. The van der Waals surface area contributed by atoms with Crippen molar-refractivity contribution in [1.82, 2.24) is 10.2 Å². The summed E-state index contributed by atoms with van der Waals surface area (Å²) >= 11 is 0. The first-order valence-electron chi connectivity index (χ1n) is 17.9. The lowest BCUT2D eigenvalue weighted by molar-refractivity contribution is -0.161. The highest BCUT2D eigenvalue weighted by molar-refractivity contribution is 6.05. The smallest absolute Gasteiger partial charge is 0.313 e. The molecule has 11 heteroatoms. The summed E-state index contributed by atoms with van der Waals surface area (Å²) in [7, 11) is 0. The van der Waals surface area contributed by atoms with E-state index >= 15 is 0 Å². The standard InChI is InChI=1S/C39H48N4O7/c1-4-41(5-2)28-18-20-29(21-19-28)42-24-13-22-39-33(36(46)43(23-11-12-25-44)35(39)37(42)47)32-30(50-39)16-9-10-17-31(45)40-26(3)34(49-38(32)48)27-14-7-6-8-15-27/h6-9,13-16,18-22,26,30,32-35,44H,4-5,10-12,17,23-25H2,1-3H3,(H,40,45)/b16-9-/t26-,30-,32+,33+,34+,35-,39+/m0/s1. The molecule has 7 atom stereocenters. The number of benzene rings is 2. The molecule has 0 bridgehead atoms. The minimum atomic E-state index is -1.44. The molecule has 11 nitrogen and oxygen atoms in total. The number of hydrogen-bond acceptors (Lipinski definition) is 8. The third kappa shape index (κ3) is 6.56. The van der Waals surface area contributed by atoms with Gasteiger partial charge in [0.1, 0.15) is 23.7 Å². The molecule has 4 aliphatic heterocycles. The highest BCUT2D eigenvalue weighted by Crippen LogP contribution is 2.53. The molecule has 1 spiro atoms. The number of unbranched alkanes of at least 4 members (excludes halogenated alkanes) is 1. The van der Waals surface area contributed by atoms with Crippen LogP contribution in [0.25, 0.3) is 0 Å². The quantitative estimate of drug-likeness (QED) is 0.231. The van der Waals surface area contributed by atoms with E-state index in [1.807, 2.05) is 66.7 Å². The average molecular weight is 685 g/mol. The largest absolute Gasteiger partial charge is 0.455 e. The number of likely N-dealkylation sites (tertiary alicyclic amines) is 1. The number of hydrogen-bond donors (Lipinski definition) is 2. The Hall–Kier alpha value is -4.48. The minimum Gasteiger partial charge on any atom is -0.455 e. The Bertz CT molecular complexity index is 1610. The number of anilines is 2. The van der Waals surface area contributed by atoms with Crippen LogP contribution in [0.3, 0.4) is 0 Å². The molecule has 0 aromatic heterocycles. The lowest BCUT2D eigenvalue weighted by Gasteiger charge is -2.35. The first kappa shape index (κ1) is 35.3. The molecule has 50 heavy (non-hydrogen) atoms. The number of fused-ring (bicyclic) bond motifs is 2. The number of allylic oxidation sites excluding steroid dienone is 1. The normalized spacial score (nSPS) is 30.3. The number of esters is 1. The van der Waals surface area contributed by atoms with Gasteiger partial charge in [0.2, 0.25) is 11.8 Å². The van der Waals surface area contributed by atoms with Crippen LogP contribution in [0.4, 0.5) is 11.4 Å². The second-order valence-electron chi connectivity index (χ2n) is 13.4. The Labute approximate surface area is 293 Å². The zero-order chi connectivity index (χ0) is 35.4. The first-order valence-corrected chi connectivity index (χ1v) is 17.9. The van der Waals surface area contributed by atoms with E-state index in [4.69, 9.17) is 9.47 Å². The number of nitrogens with zero attached hydrogens (tertiary/aromatic N) is 3. The second kappa shape index (κ2) is 15.2. The van der Waals surface area contributed by atoms with E-state index in [0.717, 1.165) is 18.8 Å². The Balaban J connectivity index is 1.40. The lowest BCUT2D eigenvalue weighted by Crippen LogP contribution is -2.55. The van der Waals surface area contributed by atoms with Crippen molar-refractivity contribution >= 4 is 35.1 Å². The number of nitrogens with one attached hydrogen (secondary N) is 1. The minimum absolute atomic E-state index is 0.0476. The third-order valence-electron chi connectivity index (χ3n) is 10.4. The van der Waals surface area contributed by atoms with Crippen molar-refractivity contribution in [2.24, 2.45) is 11.8 Å². The molecule has 2 N–H and O–H groups in total. The summed E-state index contributed by atoms with van der Waals surface area (Å²) in [4.78, 5) is 62.2. The van der Waals surface area contributed by atoms with E-state index in [0.29, 0.717) is 30.5 Å². The van der Waals surface area contributed by atoms with Crippen molar-refractivity contribution < 1.29 is 33.8 Å². The fourth-order valence-electron chi connectivity index (χ4n) is 8.00. The van der Waals surface area contributed by atoms with Gasteiger partial charge in [-0.2, -0.15) is 0 Å². The molecule has 6 rings (SSSR count). The van der Waals surface area contributed by atoms with Gasteiger partial charge in [-0.05, 0) is 69.9 Å². The van der Waals surface area contributed by atoms with Gasteiger partial charge in [0.15, 0.2) is 0 Å². The second-order valence-corrected chi connectivity index (χ2v) is 13.4. The topological polar surface area (TPSA) is 129 Å². The molecule has 2 aromatic rings. The molecule has 266 valence electrons. The number of aliphatic hydroxyl groups is 1. The van der Waals surface area contributed by atoms with Crippen molar-refractivity contribution in [3.63, 3.8) is 0 Å². The molecule has 2 saturated heterocycles. The Morgan fingerprint density at radius 1 is 0.960 bits per heavy atom. The molecular formula is C39H48N4O7. The van der Waals surface area contributed by atoms with Crippen LogP contribution in [0.2, 0.25) is 0 Å². The average Bonchev–Trinajstić information content (AvgIpc) is 3.50. The molecule has 2 aromatic carbocycles. The van der Waals surface area contributed by atoms with Crippen molar-refractivity contribution in [2.75, 3.05) is 42.6 Å². The SMILES string of the molecule is CCN(CC)c1ccc(N2CC=C[C@@]34O[C@H]5/C=C\CCC(=O)N[C@@H](C)[C@H](c6ccccc6)OC(=O)[C@H]5[C@@H]3C(=O)N(CCCCO)[C@H]4C2=O)cc1. The van der Waals surface area contributed by atoms with Gasteiger partial charge in [0.25, 0.3) is 5.91 Å². The highest BCUT2D eigenvalue weighted by Gasteiger charge is 2.71. The van der Waals surface area contributed by atoms with Crippen LogP contribution in [0.5, 0.6) is 0 Å². The Morgan fingerprint density at radius 2 is 1.70 bits per heavy atom. The van der Waals surface area contributed by atoms with Gasteiger partial charge < -0.3 is 34.6 Å². The maximum Gasteiger partial charge on any atom is 0.313 e. The summed E-state index contributed by atoms with van der Waals surface area (Å²) in [6, 6.07) is 15.5. The van der Waals surface area contributed by atoms with Crippen molar-refractivity contribution in [2.45, 2.75) is 76.3 Å². The van der Waals surface area contributed by atoms with Crippen molar-refractivity contribution in [1.29, 1.82) is 0 Å². The predicted octanol–water partition coefficient (Wildman–Crippen LogP) is 3.93. The number of aliphatic hydroxyl groups excluding tert-OH is 1. The molecule has 4 aliphatic rings. The number of carbonyl (C=O) groups excluding carboxylic acids is 4. The van der Waals surface area contributed by atoms with Crippen LogP contribution in [-0.4, -0.2) is 90.3 Å². The van der Waals surface area contributed by atoms with E-state index in [1.165, 1.54) is 0 Å². The van der Waals surface area contributed by atoms with Crippen LogP contribution in [0.15, 0.2) is 78.9 Å². The number of rotatable bonds is 9. The summed E-state index contributed by atoms with van der Waals surface area (Å²) < 4.78 is 13.1. The van der Waals surface area contributed by atoms with Gasteiger partial charge in [-0.15, -0.1) is 0 Å². The van der Waals surface area contributed by atoms with Gasteiger partial charge in [-0.3, -0.25) is 19.2 Å². The van der Waals surface area contributed by atoms with Gasteiger partial charge in [0, 0.05) is 50.6 Å². The molecule has 0 radical (unpaired) electrons. The summed E-state index contributed by atoms with van der Waals surface area (Å²) in [5, 5.41) is 12.5. The maximum atomic E-state index is 14.8. The van der Waals surface area contributed by atoms with E-state index in [-0.39, 0.29) is 43.8 Å². The van der Waals surface area contributed by atoms with E-state index in [1.54, 1.807) is 28.9 Å². The summed E-state index contributed by atoms with van der Waals surface area (Å²) in [6.07, 6.45) is 7.07. The maximum absolute atomic E-state index is 14.8. The van der Waals surface area contributed by atoms with E-state index in [9.17, 15) is 24.3 Å². The molecule has 0 aliphatic carbocycles. The van der Waals surface area contributed by atoms with Crippen LogP contribution in [0, 0.1) is 11.8 Å². The highest BCUT2D eigenvalue weighted by atomic mass is 16.6. The number of ether oxygens (including phenoxy) is 2. The van der Waals surface area contributed by atoms with Gasteiger partial charge in [-0.25, -0.2) is 0 Å². The molecule has 2 fully saturated rings. The van der Waals surface area contributed by atoms with Crippen molar-refractivity contribution in [3.8, 4) is 0 Å². The van der Waals surface area contributed by atoms with Crippen LogP contribution in [0.1, 0.15) is 58.1 Å². The Kier molecular flexibility index (Phi) is 10.7. The molecule has 3 amide bonds. The van der Waals surface area contributed by atoms with Gasteiger partial charge >= 0.3 is 5.97 Å². The number of cyclic esters (lactones) is 1. The van der Waals surface area contributed by atoms with Gasteiger partial charge in [-0.1, -0.05) is 54.6 Å². The zero-order valence-electron chi connectivity index (χ0n) is 29.1. The zero-order valence-corrected chi connectivity index (χ0v) is 29.1. The molecular weight excluding hydrogens is 636 g/mol. The van der Waals surface area contributed by atoms with Crippen LogP contribution in [-0.2, 0) is 28.7 Å². The van der Waals surface area contributed by atoms with E-state index < -0.39 is 47.7 Å². The predicted molar refractivity (Wildman–Crippen MR) is 189 cm³/mol.